The summed E-state index contributed by atoms with van der Waals surface area (Å²) in [5, 5.41) is 0. The molecule has 0 aliphatic carbocycles. The maximum Gasteiger partial charge on any atom is 0.329 e. The Morgan fingerprint density at radius 1 is 1.18 bits per heavy atom. The molecular weight excluding hydrogens is 282 g/mol. The zero-order chi connectivity index (χ0) is 17.1. The minimum Gasteiger partial charge on any atom is -0.467 e. The van der Waals surface area contributed by atoms with Gasteiger partial charge in [-0.2, -0.15) is 0 Å². The van der Waals surface area contributed by atoms with Crippen LogP contribution in [0.5, 0.6) is 0 Å². The van der Waals surface area contributed by atoms with Crippen molar-refractivity contribution in [3.05, 3.63) is 49.6 Å². The molecule has 1 unspecified atom stereocenters. The van der Waals surface area contributed by atoms with Gasteiger partial charge in [-0.15, -0.1) is 13.2 Å². The quantitative estimate of drug-likeness (QED) is 0.373. The summed E-state index contributed by atoms with van der Waals surface area (Å²) in [6.07, 6.45) is 6.63. The number of amides is 2. The summed E-state index contributed by atoms with van der Waals surface area (Å²) in [4.78, 5) is 37.6. The van der Waals surface area contributed by atoms with Crippen molar-refractivity contribution in [1.29, 1.82) is 0 Å². The Hall–Kier alpha value is -2.43. The molecule has 0 saturated heterocycles. The highest BCUT2D eigenvalue weighted by atomic mass is 16.5. The van der Waals surface area contributed by atoms with Crippen molar-refractivity contribution < 1.29 is 19.1 Å². The van der Waals surface area contributed by atoms with Crippen molar-refractivity contribution in [2.75, 3.05) is 7.11 Å². The van der Waals surface area contributed by atoms with Crippen LogP contribution < -0.4 is 0 Å². The molecule has 120 valence electrons. The van der Waals surface area contributed by atoms with Gasteiger partial charge in [0.05, 0.1) is 7.11 Å². The molecule has 0 spiro atoms. The Kier molecular flexibility index (Phi) is 9.18. The fourth-order valence-corrected chi connectivity index (χ4v) is 1.78. The Morgan fingerprint density at radius 3 is 2.27 bits per heavy atom. The van der Waals surface area contributed by atoms with Crippen molar-refractivity contribution in [3.8, 4) is 0 Å². The molecule has 5 heteroatoms. The van der Waals surface area contributed by atoms with Gasteiger partial charge < -0.3 is 4.74 Å². The first-order valence-electron chi connectivity index (χ1n) is 6.89. The molecule has 0 N–H and O–H groups in total. The van der Waals surface area contributed by atoms with Gasteiger partial charge >= 0.3 is 5.97 Å². The second-order valence-electron chi connectivity index (χ2n) is 4.50. The van der Waals surface area contributed by atoms with Gasteiger partial charge in [0, 0.05) is 12.0 Å². The van der Waals surface area contributed by atoms with Crippen LogP contribution in [0.2, 0.25) is 0 Å². The van der Waals surface area contributed by atoms with Crippen LogP contribution in [0, 0.1) is 0 Å². The monoisotopic (exact) mass is 305 g/mol. The Bertz CT molecular complexity index is 491. The molecule has 0 aliphatic rings. The van der Waals surface area contributed by atoms with Crippen LogP contribution in [-0.2, 0) is 19.1 Å². The van der Waals surface area contributed by atoms with E-state index in [1.165, 1.54) is 19.3 Å². The lowest BCUT2D eigenvalue weighted by molar-refractivity contribution is -0.158. The SMILES string of the molecule is C=CCC(=C)C(=O)N(C(=O)C/C=C\C)C(CC=C)C(=O)OC. The van der Waals surface area contributed by atoms with Gasteiger partial charge in [-0.3, -0.25) is 14.5 Å². The highest BCUT2D eigenvalue weighted by Crippen LogP contribution is 2.15. The molecular formula is C17H23NO4. The molecule has 0 aromatic carbocycles. The Morgan fingerprint density at radius 2 is 1.82 bits per heavy atom. The second-order valence-corrected chi connectivity index (χ2v) is 4.50. The molecule has 0 radical (unpaired) electrons. The van der Waals surface area contributed by atoms with Crippen molar-refractivity contribution in [1.82, 2.24) is 4.90 Å². The van der Waals surface area contributed by atoms with Crippen LogP contribution in [0.15, 0.2) is 49.6 Å². The van der Waals surface area contributed by atoms with Gasteiger partial charge in [0.25, 0.3) is 5.91 Å². The summed E-state index contributed by atoms with van der Waals surface area (Å²) in [5.41, 5.74) is 0.182. The minimum absolute atomic E-state index is 0.00818. The molecule has 5 nitrogen and oxygen atoms in total. The average Bonchev–Trinajstić information content (AvgIpc) is 2.51. The van der Waals surface area contributed by atoms with Gasteiger partial charge in [-0.1, -0.05) is 30.9 Å². The Balaban J connectivity index is 5.62. The number of hydrogen-bond acceptors (Lipinski definition) is 4. The summed E-state index contributed by atoms with van der Waals surface area (Å²) in [6, 6.07) is -1.05. The first kappa shape index (κ1) is 19.6. The number of methoxy groups -OCH3 is 1. The van der Waals surface area contributed by atoms with E-state index in [0.29, 0.717) is 0 Å². The van der Waals surface area contributed by atoms with E-state index in [-0.39, 0.29) is 24.8 Å². The molecule has 0 aromatic heterocycles. The lowest BCUT2D eigenvalue weighted by Crippen LogP contribution is -2.49. The van der Waals surface area contributed by atoms with Crippen LogP contribution in [0.1, 0.15) is 26.2 Å². The first-order chi connectivity index (χ1) is 10.4. The lowest BCUT2D eigenvalue weighted by atomic mass is 10.1. The molecule has 0 aromatic rings. The van der Waals surface area contributed by atoms with Gasteiger partial charge in [-0.05, 0) is 19.8 Å². The number of nitrogens with zero attached hydrogens (tertiary/aromatic N) is 1. The maximum atomic E-state index is 12.5. The number of esters is 1. The number of carbonyl (C=O) groups excluding carboxylic acids is 3. The van der Waals surface area contributed by atoms with Crippen LogP contribution in [0.25, 0.3) is 0 Å². The molecule has 0 rings (SSSR count). The zero-order valence-electron chi connectivity index (χ0n) is 13.2. The Labute approximate surface area is 131 Å². The predicted molar refractivity (Wildman–Crippen MR) is 85.9 cm³/mol. The van der Waals surface area contributed by atoms with E-state index in [1.54, 1.807) is 19.1 Å². The first-order valence-corrected chi connectivity index (χ1v) is 6.89. The lowest BCUT2D eigenvalue weighted by Gasteiger charge is -2.28. The van der Waals surface area contributed by atoms with Crippen molar-refractivity contribution in [2.45, 2.75) is 32.2 Å². The maximum absolute atomic E-state index is 12.5. The minimum atomic E-state index is -1.05. The van der Waals surface area contributed by atoms with E-state index in [1.807, 2.05) is 0 Å². The van der Waals surface area contributed by atoms with Crippen LogP contribution >= 0.6 is 0 Å². The fraction of sp³-hybridized carbons (Fsp3) is 0.353. The van der Waals surface area contributed by atoms with E-state index in [9.17, 15) is 14.4 Å². The summed E-state index contributed by atoms with van der Waals surface area (Å²) in [6.45, 7) is 12.5. The molecule has 0 heterocycles. The van der Waals surface area contributed by atoms with Crippen LogP contribution in [0.4, 0.5) is 0 Å². The normalized spacial score (nSPS) is 11.5. The van der Waals surface area contributed by atoms with E-state index >= 15 is 0 Å². The van der Waals surface area contributed by atoms with Crippen LogP contribution in [-0.4, -0.2) is 35.8 Å². The van der Waals surface area contributed by atoms with Crippen molar-refractivity contribution in [2.24, 2.45) is 0 Å². The summed E-state index contributed by atoms with van der Waals surface area (Å²) in [7, 11) is 1.20. The molecule has 0 aliphatic heterocycles. The molecule has 0 saturated carbocycles. The number of ether oxygens (including phenoxy) is 1. The van der Waals surface area contributed by atoms with E-state index in [2.05, 4.69) is 24.5 Å². The molecule has 1 atom stereocenters. The number of hydrogen-bond donors (Lipinski definition) is 0. The number of allylic oxidation sites excluding steroid dienone is 2. The summed E-state index contributed by atoms with van der Waals surface area (Å²) < 4.78 is 4.69. The fourth-order valence-electron chi connectivity index (χ4n) is 1.78. The smallest absolute Gasteiger partial charge is 0.329 e. The third-order valence-corrected chi connectivity index (χ3v) is 2.88. The number of rotatable bonds is 9. The highest BCUT2D eigenvalue weighted by molar-refractivity contribution is 6.07. The van der Waals surface area contributed by atoms with E-state index in [4.69, 9.17) is 0 Å². The zero-order valence-corrected chi connectivity index (χ0v) is 13.2. The van der Waals surface area contributed by atoms with Crippen molar-refractivity contribution >= 4 is 17.8 Å². The van der Waals surface area contributed by atoms with Gasteiger partial charge in [-0.25, -0.2) is 4.79 Å². The number of imide groups is 1. The third kappa shape index (κ3) is 5.52. The molecule has 0 fully saturated rings. The van der Waals surface area contributed by atoms with Gasteiger partial charge in [0.2, 0.25) is 5.91 Å². The largest absolute Gasteiger partial charge is 0.467 e. The molecule has 0 bridgehead atoms. The van der Waals surface area contributed by atoms with Crippen LogP contribution in [0.3, 0.4) is 0 Å². The van der Waals surface area contributed by atoms with Crippen molar-refractivity contribution in [3.63, 3.8) is 0 Å². The highest BCUT2D eigenvalue weighted by Gasteiger charge is 2.34. The molecule has 2 amide bonds. The van der Waals surface area contributed by atoms with Gasteiger partial charge in [0.15, 0.2) is 0 Å². The summed E-state index contributed by atoms with van der Waals surface area (Å²) >= 11 is 0. The third-order valence-electron chi connectivity index (χ3n) is 2.88. The predicted octanol–water partition coefficient (Wildman–Crippen LogP) is 2.56. The standard InChI is InChI=1S/C17H23NO4/c1-6-9-12-15(19)18(16(20)13(4)10-7-2)14(11-8-3)17(21)22-5/h6-9,14H,2-4,10-12H2,1,5H3/b9-6-. The second kappa shape index (κ2) is 10.3. The van der Waals surface area contributed by atoms with E-state index in [0.717, 1.165) is 4.90 Å². The summed E-state index contributed by atoms with van der Waals surface area (Å²) in [5.74, 6) is -1.77. The average molecular weight is 305 g/mol. The topological polar surface area (TPSA) is 63.7 Å². The van der Waals surface area contributed by atoms with E-state index < -0.39 is 23.8 Å². The van der Waals surface area contributed by atoms with Gasteiger partial charge in [0.1, 0.15) is 6.04 Å². The number of carbonyl (C=O) groups is 3. The molecule has 22 heavy (non-hydrogen) atoms.